The average Bonchev–Trinajstić information content (AvgIpc) is 3.21. The van der Waals surface area contributed by atoms with Gasteiger partial charge in [-0.25, -0.2) is 9.20 Å². The number of methoxy groups -OCH3 is 1. The Hall–Kier alpha value is -3.46. The van der Waals surface area contributed by atoms with Gasteiger partial charge in [0.25, 0.3) is 5.56 Å². The van der Waals surface area contributed by atoms with Crippen LogP contribution < -0.4 is 15.6 Å². The number of carbonyl (C=O) groups is 1. The van der Waals surface area contributed by atoms with Crippen LogP contribution in [0, 0.1) is 0 Å². The molecule has 2 heterocycles. The second-order valence-electron chi connectivity index (χ2n) is 7.02. The van der Waals surface area contributed by atoms with Gasteiger partial charge in [-0.1, -0.05) is 40.2 Å². The number of nitrogens with one attached hydrogen (secondary N) is 1. The summed E-state index contributed by atoms with van der Waals surface area (Å²) in [6.45, 7) is 1.69. The Morgan fingerprint density at radius 3 is 2.55 bits per heavy atom. The molecule has 2 aromatic heterocycles. The molecule has 0 aliphatic carbocycles. The number of ether oxygens (including phenoxy) is 1. The molecule has 0 aliphatic heterocycles. The molecule has 31 heavy (non-hydrogen) atoms. The van der Waals surface area contributed by atoms with E-state index in [9.17, 15) is 9.59 Å². The summed E-state index contributed by atoms with van der Waals surface area (Å²) in [6.07, 6.45) is 1.43. The first-order chi connectivity index (χ1) is 14.9. The second-order valence-corrected chi connectivity index (χ2v) is 7.94. The van der Waals surface area contributed by atoms with Gasteiger partial charge in [0.1, 0.15) is 24.1 Å². The van der Waals surface area contributed by atoms with Crippen molar-refractivity contribution in [3.63, 3.8) is 0 Å². The summed E-state index contributed by atoms with van der Waals surface area (Å²) in [5.74, 6) is 0.435. The number of hydrogen-bond acceptors (Lipinski definition) is 5. The van der Waals surface area contributed by atoms with Gasteiger partial charge in [-0.2, -0.15) is 10.2 Å². The fourth-order valence-corrected chi connectivity index (χ4v) is 3.48. The van der Waals surface area contributed by atoms with E-state index in [0.29, 0.717) is 11.2 Å². The van der Waals surface area contributed by atoms with Gasteiger partial charge >= 0.3 is 0 Å². The molecule has 0 fully saturated rings. The van der Waals surface area contributed by atoms with Crippen molar-refractivity contribution in [3.05, 3.63) is 81.3 Å². The number of hydrogen-bond donors (Lipinski definition) is 1. The molecule has 1 amide bonds. The maximum Gasteiger partial charge on any atom is 0.293 e. The first kappa shape index (κ1) is 20.8. The Labute approximate surface area is 186 Å². The Kier molecular flexibility index (Phi) is 5.85. The van der Waals surface area contributed by atoms with Gasteiger partial charge in [0, 0.05) is 10.0 Å². The van der Waals surface area contributed by atoms with Gasteiger partial charge in [0.15, 0.2) is 0 Å². The van der Waals surface area contributed by atoms with E-state index in [4.69, 9.17) is 4.74 Å². The Morgan fingerprint density at radius 2 is 1.87 bits per heavy atom. The fourth-order valence-electron chi connectivity index (χ4n) is 3.21. The summed E-state index contributed by atoms with van der Waals surface area (Å²) in [6, 6.07) is 16.5. The third kappa shape index (κ3) is 4.51. The van der Waals surface area contributed by atoms with Crippen molar-refractivity contribution < 1.29 is 9.53 Å². The summed E-state index contributed by atoms with van der Waals surface area (Å²) >= 11 is 3.40. The van der Waals surface area contributed by atoms with Crippen molar-refractivity contribution in [2.24, 2.45) is 0 Å². The van der Waals surface area contributed by atoms with Crippen LogP contribution >= 0.6 is 15.9 Å². The molecule has 0 saturated carbocycles. The zero-order valence-electron chi connectivity index (χ0n) is 16.9. The minimum absolute atomic E-state index is 0.186. The van der Waals surface area contributed by atoms with E-state index < -0.39 is 0 Å². The van der Waals surface area contributed by atoms with E-state index in [1.165, 1.54) is 10.8 Å². The summed E-state index contributed by atoms with van der Waals surface area (Å²) in [5, 5.41) is 11.4. The predicted molar refractivity (Wildman–Crippen MR) is 120 cm³/mol. The number of fused-ring (bicyclic) bond motifs is 1. The lowest BCUT2D eigenvalue weighted by Crippen LogP contribution is -2.35. The predicted octanol–water partition coefficient (Wildman–Crippen LogP) is 3.21. The van der Waals surface area contributed by atoms with E-state index >= 15 is 0 Å². The third-order valence-electron chi connectivity index (χ3n) is 4.92. The molecule has 8 nitrogen and oxygen atoms in total. The first-order valence-corrected chi connectivity index (χ1v) is 10.4. The summed E-state index contributed by atoms with van der Waals surface area (Å²) in [7, 11) is 1.60. The quantitative estimate of drug-likeness (QED) is 0.456. The van der Waals surface area contributed by atoms with Crippen LogP contribution in [0.3, 0.4) is 0 Å². The lowest BCUT2D eigenvalue weighted by molar-refractivity contribution is -0.122. The summed E-state index contributed by atoms with van der Waals surface area (Å²) < 4.78 is 8.67. The van der Waals surface area contributed by atoms with Crippen molar-refractivity contribution in [1.29, 1.82) is 0 Å². The lowest BCUT2D eigenvalue weighted by Gasteiger charge is -2.15. The molecular formula is C22H20BrN5O3. The van der Waals surface area contributed by atoms with E-state index in [1.54, 1.807) is 13.2 Å². The highest BCUT2D eigenvalue weighted by Gasteiger charge is 2.14. The molecule has 4 aromatic rings. The van der Waals surface area contributed by atoms with E-state index in [1.807, 2.05) is 55.5 Å². The van der Waals surface area contributed by atoms with Crippen molar-refractivity contribution >= 4 is 27.4 Å². The monoisotopic (exact) mass is 481 g/mol. The Morgan fingerprint density at radius 1 is 1.16 bits per heavy atom. The van der Waals surface area contributed by atoms with Gasteiger partial charge in [-0.05, 0) is 42.8 Å². The number of rotatable bonds is 6. The molecule has 0 aliphatic rings. The Bertz CT molecular complexity index is 1280. The maximum atomic E-state index is 12.8. The summed E-state index contributed by atoms with van der Waals surface area (Å²) in [5.41, 5.74) is 2.43. The van der Waals surface area contributed by atoms with Crippen molar-refractivity contribution in [3.8, 4) is 17.0 Å². The van der Waals surface area contributed by atoms with E-state index in [-0.39, 0.29) is 24.1 Å². The van der Waals surface area contributed by atoms with Crippen LogP contribution in [0.15, 0.2) is 70.2 Å². The van der Waals surface area contributed by atoms with E-state index in [2.05, 4.69) is 31.4 Å². The second kappa shape index (κ2) is 8.73. The Balaban J connectivity index is 1.51. The number of nitrogens with zero attached hydrogens (tertiary/aromatic N) is 4. The largest absolute Gasteiger partial charge is 0.497 e. The molecule has 4 rings (SSSR count). The molecule has 9 heteroatoms. The van der Waals surface area contributed by atoms with Gasteiger partial charge in [-0.3, -0.25) is 9.59 Å². The first-order valence-electron chi connectivity index (χ1n) is 9.59. The average molecular weight is 482 g/mol. The smallest absolute Gasteiger partial charge is 0.293 e. The van der Waals surface area contributed by atoms with Crippen molar-refractivity contribution in [1.82, 2.24) is 24.7 Å². The van der Waals surface area contributed by atoms with Crippen LogP contribution in [0.25, 0.3) is 16.8 Å². The van der Waals surface area contributed by atoms with Crippen LogP contribution in [0.5, 0.6) is 5.75 Å². The standard InChI is InChI=1S/C22H20BrN5O3/c1-14(15-5-9-18(31-2)10-6-15)25-21(29)12-27-22(30)20-11-19(26-28(20)13-24-27)16-3-7-17(23)8-4-16/h3-11,13-14H,12H2,1-2H3,(H,25,29)/t14-/m1/s1. The minimum Gasteiger partial charge on any atom is -0.497 e. The molecule has 1 atom stereocenters. The highest BCUT2D eigenvalue weighted by molar-refractivity contribution is 9.10. The van der Waals surface area contributed by atoms with Crippen LogP contribution in [0.2, 0.25) is 0 Å². The normalized spacial score (nSPS) is 12.0. The SMILES string of the molecule is COc1ccc([C@@H](C)NC(=O)Cn2ncn3nc(-c4ccc(Br)cc4)cc3c2=O)cc1. The van der Waals surface area contributed by atoms with Crippen LogP contribution in [-0.4, -0.2) is 32.4 Å². The minimum atomic E-state index is -0.384. The summed E-state index contributed by atoms with van der Waals surface area (Å²) in [4.78, 5) is 25.3. The number of carbonyl (C=O) groups excluding carboxylic acids is 1. The molecule has 1 N–H and O–H groups in total. The van der Waals surface area contributed by atoms with Crippen molar-refractivity contribution in [2.45, 2.75) is 19.5 Å². The topological polar surface area (TPSA) is 90.5 Å². The lowest BCUT2D eigenvalue weighted by atomic mass is 10.1. The molecule has 2 aromatic carbocycles. The van der Waals surface area contributed by atoms with E-state index in [0.717, 1.165) is 26.0 Å². The molecular weight excluding hydrogens is 462 g/mol. The molecule has 0 radical (unpaired) electrons. The van der Waals surface area contributed by atoms with Crippen LogP contribution in [0.4, 0.5) is 0 Å². The zero-order valence-corrected chi connectivity index (χ0v) is 18.5. The fraction of sp³-hybridized carbons (Fsp3) is 0.182. The van der Waals surface area contributed by atoms with Crippen LogP contribution in [-0.2, 0) is 11.3 Å². The highest BCUT2D eigenvalue weighted by Crippen LogP contribution is 2.21. The van der Waals surface area contributed by atoms with Crippen LogP contribution in [0.1, 0.15) is 18.5 Å². The molecule has 0 bridgehead atoms. The van der Waals surface area contributed by atoms with Gasteiger partial charge in [0.05, 0.1) is 18.8 Å². The third-order valence-corrected chi connectivity index (χ3v) is 5.45. The molecule has 0 saturated heterocycles. The number of benzene rings is 2. The van der Waals surface area contributed by atoms with Crippen molar-refractivity contribution in [2.75, 3.05) is 7.11 Å². The maximum absolute atomic E-state index is 12.8. The molecule has 0 spiro atoms. The van der Waals surface area contributed by atoms with Gasteiger partial charge in [-0.15, -0.1) is 0 Å². The zero-order chi connectivity index (χ0) is 22.0. The number of amides is 1. The molecule has 158 valence electrons. The highest BCUT2D eigenvalue weighted by atomic mass is 79.9. The molecule has 0 unspecified atom stereocenters. The van der Waals surface area contributed by atoms with Gasteiger partial charge in [0.2, 0.25) is 5.91 Å². The van der Waals surface area contributed by atoms with Gasteiger partial charge < -0.3 is 10.1 Å². The number of aromatic nitrogens is 4. The number of halogens is 1.